The van der Waals surface area contributed by atoms with Gasteiger partial charge in [0, 0.05) is 12.6 Å². The highest BCUT2D eigenvalue weighted by atomic mass is 16.5. The summed E-state index contributed by atoms with van der Waals surface area (Å²) in [4.78, 5) is 25.2. The fourth-order valence-electron chi connectivity index (χ4n) is 1.96. The molecule has 5 nitrogen and oxygen atoms in total. The van der Waals surface area contributed by atoms with Crippen LogP contribution >= 0.6 is 0 Å². The molecule has 0 radical (unpaired) electrons. The van der Waals surface area contributed by atoms with Gasteiger partial charge in [-0.1, -0.05) is 0 Å². The lowest BCUT2D eigenvalue weighted by Gasteiger charge is -2.15. The first kappa shape index (κ1) is 14.8. The summed E-state index contributed by atoms with van der Waals surface area (Å²) in [7, 11) is 3.02. The number of carbonyl (C=O) groups is 2. The van der Waals surface area contributed by atoms with E-state index in [1.165, 1.54) is 7.11 Å². The van der Waals surface area contributed by atoms with Crippen molar-refractivity contribution in [3.63, 3.8) is 0 Å². The Bertz CT molecular complexity index is 643. The summed E-state index contributed by atoms with van der Waals surface area (Å²) in [6.45, 7) is 2.25. The van der Waals surface area contributed by atoms with Crippen LogP contribution in [0, 0.1) is 6.92 Å². The molecule has 0 saturated carbocycles. The van der Waals surface area contributed by atoms with E-state index in [-0.39, 0.29) is 5.91 Å². The second kappa shape index (κ2) is 6.26. The molecule has 0 spiro atoms. The van der Waals surface area contributed by atoms with Crippen LogP contribution in [0.15, 0.2) is 40.8 Å². The summed E-state index contributed by atoms with van der Waals surface area (Å²) in [6, 6.07) is 10.1. The Kier molecular flexibility index (Phi) is 4.42. The van der Waals surface area contributed by atoms with Gasteiger partial charge >= 0.3 is 5.97 Å². The Labute approximate surface area is 123 Å². The third kappa shape index (κ3) is 3.51. The van der Waals surface area contributed by atoms with Gasteiger partial charge in [-0.15, -0.1) is 0 Å². The lowest BCUT2D eigenvalue weighted by atomic mass is 10.1. The van der Waals surface area contributed by atoms with Gasteiger partial charge in [0.1, 0.15) is 11.5 Å². The van der Waals surface area contributed by atoms with Gasteiger partial charge < -0.3 is 14.1 Å². The predicted molar refractivity (Wildman–Crippen MR) is 77.0 cm³/mol. The Morgan fingerprint density at radius 3 is 2.24 bits per heavy atom. The van der Waals surface area contributed by atoms with Gasteiger partial charge in [0.15, 0.2) is 0 Å². The van der Waals surface area contributed by atoms with Crippen molar-refractivity contribution in [2.24, 2.45) is 0 Å². The van der Waals surface area contributed by atoms with Crippen LogP contribution in [0.3, 0.4) is 0 Å². The summed E-state index contributed by atoms with van der Waals surface area (Å²) in [5.41, 5.74) is 0.923. The lowest BCUT2D eigenvalue weighted by molar-refractivity contribution is 0.0600. The Hall–Kier alpha value is -2.56. The molecule has 0 aliphatic carbocycles. The highest BCUT2D eigenvalue weighted by molar-refractivity contribution is 5.96. The molecule has 110 valence electrons. The normalized spacial score (nSPS) is 10.2. The molecule has 0 N–H and O–H groups in total. The molecule has 0 saturated heterocycles. The van der Waals surface area contributed by atoms with E-state index in [0.717, 1.165) is 11.5 Å². The number of rotatable bonds is 4. The quantitative estimate of drug-likeness (QED) is 0.811. The van der Waals surface area contributed by atoms with Crippen molar-refractivity contribution >= 4 is 11.9 Å². The first-order chi connectivity index (χ1) is 10.0. The average Bonchev–Trinajstić information content (AvgIpc) is 2.90. The number of nitrogens with zero attached hydrogens (tertiary/aromatic N) is 1. The molecule has 1 heterocycles. The molecule has 5 heteroatoms. The molecule has 21 heavy (non-hydrogen) atoms. The summed E-state index contributed by atoms with van der Waals surface area (Å²) >= 11 is 0. The molecule has 2 aromatic rings. The molecule has 0 aliphatic heterocycles. The monoisotopic (exact) mass is 287 g/mol. The zero-order valence-electron chi connectivity index (χ0n) is 12.3. The van der Waals surface area contributed by atoms with Crippen molar-refractivity contribution in [3.05, 3.63) is 59.0 Å². The molecule has 0 atom stereocenters. The van der Waals surface area contributed by atoms with E-state index in [1.54, 1.807) is 36.2 Å². The van der Waals surface area contributed by atoms with E-state index in [0.29, 0.717) is 17.7 Å². The van der Waals surface area contributed by atoms with E-state index >= 15 is 0 Å². The van der Waals surface area contributed by atoms with Crippen LogP contribution in [0.4, 0.5) is 0 Å². The number of hydrogen-bond donors (Lipinski definition) is 0. The van der Waals surface area contributed by atoms with Gasteiger partial charge in [0.2, 0.25) is 0 Å². The minimum Gasteiger partial charge on any atom is -0.465 e. The summed E-state index contributed by atoms with van der Waals surface area (Å²) in [5, 5.41) is 0. The van der Waals surface area contributed by atoms with Crippen molar-refractivity contribution in [1.82, 2.24) is 4.90 Å². The number of esters is 1. The molecule has 0 aliphatic rings. The molecule has 1 aromatic carbocycles. The van der Waals surface area contributed by atoms with Gasteiger partial charge in [-0.25, -0.2) is 4.79 Å². The number of carbonyl (C=O) groups excluding carboxylic acids is 2. The van der Waals surface area contributed by atoms with Crippen molar-refractivity contribution in [1.29, 1.82) is 0 Å². The van der Waals surface area contributed by atoms with Crippen LogP contribution in [-0.4, -0.2) is 30.9 Å². The van der Waals surface area contributed by atoms with Crippen molar-refractivity contribution in [2.75, 3.05) is 14.2 Å². The fraction of sp³-hybridized carbons (Fsp3) is 0.250. The second-order valence-corrected chi connectivity index (χ2v) is 4.74. The minimum atomic E-state index is -0.423. The molecule has 1 aromatic heterocycles. The van der Waals surface area contributed by atoms with E-state index in [1.807, 2.05) is 19.1 Å². The number of amides is 1. The standard InChI is InChI=1S/C16H17NO4/c1-11-4-9-14(21-11)10-17(2)15(18)12-5-7-13(8-6-12)16(19)20-3/h4-9H,10H2,1-3H3. The average molecular weight is 287 g/mol. The zero-order chi connectivity index (χ0) is 15.4. The van der Waals surface area contributed by atoms with Crippen molar-refractivity contribution in [2.45, 2.75) is 13.5 Å². The summed E-state index contributed by atoms with van der Waals surface area (Å²) in [5.74, 6) is 0.983. The first-order valence-corrected chi connectivity index (χ1v) is 6.50. The maximum Gasteiger partial charge on any atom is 0.337 e. The summed E-state index contributed by atoms with van der Waals surface area (Å²) in [6.07, 6.45) is 0. The predicted octanol–water partition coefficient (Wildman–Crippen LogP) is 2.65. The SMILES string of the molecule is COC(=O)c1ccc(C(=O)N(C)Cc2ccc(C)o2)cc1. The van der Waals surface area contributed by atoms with Gasteiger partial charge in [-0.3, -0.25) is 4.79 Å². The number of furan rings is 1. The topological polar surface area (TPSA) is 59.8 Å². The van der Waals surface area contributed by atoms with Crippen LogP contribution in [-0.2, 0) is 11.3 Å². The van der Waals surface area contributed by atoms with E-state index in [4.69, 9.17) is 4.42 Å². The highest BCUT2D eigenvalue weighted by Gasteiger charge is 2.14. The number of methoxy groups -OCH3 is 1. The number of hydrogen-bond acceptors (Lipinski definition) is 4. The van der Waals surface area contributed by atoms with Crippen LogP contribution in [0.5, 0.6) is 0 Å². The molecule has 0 bridgehead atoms. The van der Waals surface area contributed by atoms with Gasteiger partial charge in [-0.05, 0) is 43.3 Å². The van der Waals surface area contributed by atoms with Gasteiger partial charge in [-0.2, -0.15) is 0 Å². The Balaban J connectivity index is 2.06. The Morgan fingerprint density at radius 1 is 1.10 bits per heavy atom. The minimum absolute atomic E-state index is 0.138. The smallest absolute Gasteiger partial charge is 0.337 e. The van der Waals surface area contributed by atoms with Crippen LogP contribution in [0.2, 0.25) is 0 Å². The largest absolute Gasteiger partial charge is 0.465 e. The highest BCUT2D eigenvalue weighted by Crippen LogP contribution is 2.12. The fourth-order valence-corrected chi connectivity index (χ4v) is 1.96. The van der Waals surface area contributed by atoms with Gasteiger partial charge in [0.25, 0.3) is 5.91 Å². The first-order valence-electron chi connectivity index (χ1n) is 6.50. The van der Waals surface area contributed by atoms with E-state index in [9.17, 15) is 9.59 Å². The zero-order valence-corrected chi connectivity index (χ0v) is 12.3. The third-order valence-electron chi connectivity index (χ3n) is 3.09. The van der Waals surface area contributed by atoms with Gasteiger partial charge in [0.05, 0.1) is 19.2 Å². The molecular weight excluding hydrogens is 270 g/mol. The summed E-state index contributed by atoms with van der Waals surface area (Å²) < 4.78 is 10.1. The molecule has 0 unspecified atom stereocenters. The lowest BCUT2D eigenvalue weighted by Crippen LogP contribution is -2.26. The number of aryl methyl sites for hydroxylation is 1. The van der Waals surface area contributed by atoms with Crippen molar-refractivity contribution in [3.8, 4) is 0 Å². The van der Waals surface area contributed by atoms with Crippen LogP contribution < -0.4 is 0 Å². The van der Waals surface area contributed by atoms with Crippen LogP contribution in [0.25, 0.3) is 0 Å². The number of ether oxygens (including phenoxy) is 1. The molecule has 1 amide bonds. The molecular formula is C16H17NO4. The maximum atomic E-state index is 12.3. The molecule has 0 fully saturated rings. The van der Waals surface area contributed by atoms with Crippen molar-refractivity contribution < 1.29 is 18.7 Å². The second-order valence-electron chi connectivity index (χ2n) is 4.74. The Morgan fingerprint density at radius 2 is 1.71 bits per heavy atom. The molecule has 2 rings (SSSR count). The number of benzene rings is 1. The van der Waals surface area contributed by atoms with E-state index in [2.05, 4.69) is 4.74 Å². The maximum absolute atomic E-state index is 12.3. The van der Waals surface area contributed by atoms with E-state index < -0.39 is 5.97 Å². The van der Waals surface area contributed by atoms with Crippen LogP contribution in [0.1, 0.15) is 32.2 Å². The third-order valence-corrected chi connectivity index (χ3v) is 3.09.